The molecule has 0 aliphatic rings. The van der Waals surface area contributed by atoms with Gasteiger partial charge in [0.1, 0.15) is 0 Å². The van der Waals surface area contributed by atoms with E-state index >= 15 is 0 Å². The van der Waals surface area contributed by atoms with E-state index in [0.29, 0.717) is 13.2 Å². The van der Waals surface area contributed by atoms with Crippen molar-refractivity contribution in [1.82, 2.24) is 0 Å². The van der Waals surface area contributed by atoms with E-state index in [4.69, 9.17) is 9.47 Å². The third-order valence-corrected chi connectivity index (χ3v) is 3.19. The van der Waals surface area contributed by atoms with Gasteiger partial charge in [-0.1, -0.05) is 33.6 Å². The van der Waals surface area contributed by atoms with Gasteiger partial charge >= 0.3 is 0 Å². The molecule has 0 fully saturated rings. The average Bonchev–Trinajstić information content (AvgIpc) is 2.37. The molecule has 0 rings (SSSR count). The molecule has 0 radical (unpaired) electrons. The van der Waals surface area contributed by atoms with Gasteiger partial charge in [-0.15, -0.1) is 0 Å². The number of aliphatic hydroxyl groups excluding tert-OH is 1. The Kier molecular flexibility index (Phi) is 10.9. The Balaban J connectivity index is 3.88. The van der Waals surface area contributed by atoms with E-state index in [9.17, 15) is 5.11 Å². The molecule has 3 nitrogen and oxygen atoms in total. The van der Waals surface area contributed by atoms with Crippen LogP contribution in [-0.2, 0) is 9.47 Å². The van der Waals surface area contributed by atoms with Gasteiger partial charge in [-0.25, -0.2) is 0 Å². The van der Waals surface area contributed by atoms with Crippen LogP contribution in [-0.4, -0.2) is 38.1 Å². The van der Waals surface area contributed by atoms with Crippen LogP contribution in [0.4, 0.5) is 0 Å². The fourth-order valence-corrected chi connectivity index (χ4v) is 1.52. The van der Waals surface area contributed by atoms with Gasteiger partial charge in [0, 0.05) is 18.6 Å². The average molecular weight is 246 g/mol. The molecule has 0 unspecified atom stereocenters. The highest BCUT2D eigenvalue weighted by molar-refractivity contribution is 4.76. The maximum atomic E-state index is 9.53. The summed E-state index contributed by atoms with van der Waals surface area (Å²) < 4.78 is 11.3. The number of unbranched alkanes of at least 4 members (excludes halogenated alkanes) is 2. The molecule has 1 N–H and O–H groups in total. The second-order valence-electron chi connectivity index (χ2n) is 4.82. The molecule has 0 aromatic carbocycles. The standard InChI is InChI=1S/C14H30O3/c1-4-7-9-16-12-14(6-3,11-15)13-17-10-8-5-2/h15H,4-13H2,1-3H3. The molecule has 0 aromatic heterocycles. The van der Waals surface area contributed by atoms with Crippen molar-refractivity contribution in [2.45, 2.75) is 52.9 Å². The van der Waals surface area contributed by atoms with E-state index in [1.165, 1.54) is 0 Å². The number of aliphatic hydroxyl groups is 1. The molecular weight excluding hydrogens is 216 g/mol. The molecule has 3 heteroatoms. The Hall–Kier alpha value is -0.120. The van der Waals surface area contributed by atoms with Gasteiger partial charge in [0.15, 0.2) is 0 Å². The summed E-state index contributed by atoms with van der Waals surface area (Å²) in [7, 11) is 0. The summed E-state index contributed by atoms with van der Waals surface area (Å²) in [6.07, 6.45) is 5.35. The second-order valence-corrected chi connectivity index (χ2v) is 4.82. The first-order valence-corrected chi connectivity index (χ1v) is 7.01. The van der Waals surface area contributed by atoms with E-state index in [0.717, 1.165) is 45.3 Å². The Morgan fingerprint density at radius 2 is 1.35 bits per heavy atom. The summed E-state index contributed by atoms with van der Waals surface area (Å²) in [5, 5.41) is 9.53. The van der Waals surface area contributed by atoms with E-state index < -0.39 is 0 Å². The fraction of sp³-hybridized carbons (Fsp3) is 1.00. The smallest absolute Gasteiger partial charge is 0.0566 e. The van der Waals surface area contributed by atoms with E-state index in [2.05, 4.69) is 20.8 Å². The van der Waals surface area contributed by atoms with Crippen LogP contribution >= 0.6 is 0 Å². The van der Waals surface area contributed by atoms with Crippen LogP contribution in [0.25, 0.3) is 0 Å². The SMILES string of the molecule is CCCCOCC(CC)(CO)COCCCC. The van der Waals surface area contributed by atoms with Crippen LogP contribution in [0.2, 0.25) is 0 Å². The number of ether oxygens (including phenoxy) is 2. The molecule has 0 amide bonds. The monoisotopic (exact) mass is 246 g/mol. The molecule has 0 aliphatic heterocycles. The predicted octanol–water partition coefficient (Wildman–Crippen LogP) is 3.01. The van der Waals surface area contributed by atoms with Crippen molar-refractivity contribution in [2.75, 3.05) is 33.0 Å². The van der Waals surface area contributed by atoms with Gasteiger partial charge in [0.25, 0.3) is 0 Å². The van der Waals surface area contributed by atoms with Gasteiger partial charge in [-0.3, -0.25) is 0 Å². The molecule has 0 aliphatic carbocycles. The van der Waals surface area contributed by atoms with Crippen molar-refractivity contribution in [3.05, 3.63) is 0 Å². The molecular formula is C14H30O3. The lowest BCUT2D eigenvalue weighted by Crippen LogP contribution is -2.36. The second kappa shape index (κ2) is 11.0. The third-order valence-electron chi connectivity index (χ3n) is 3.19. The first-order chi connectivity index (χ1) is 8.24. The quantitative estimate of drug-likeness (QED) is 0.538. The zero-order valence-corrected chi connectivity index (χ0v) is 11.8. The molecule has 0 heterocycles. The zero-order chi connectivity index (χ0) is 13.0. The predicted molar refractivity (Wildman–Crippen MR) is 71.3 cm³/mol. The minimum atomic E-state index is -0.207. The Bertz CT molecular complexity index is 142. The maximum Gasteiger partial charge on any atom is 0.0566 e. The fourth-order valence-electron chi connectivity index (χ4n) is 1.52. The highest BCUT2D eigenvalue weighted by Crippen LogP contribution is 2.22. The van der Waals surface area contributed by atoms with E-state index in [-0.39, 0.29) is 12.0 Å². The summed E-state index contributed by atoms with van der Waals surface area (Å²) in [5.41, 5.74) is -0.207. The molecule has 0 saturated carbocycles. The third kappa shape index (κ3) is 7.74. The van der Waals surface area contributed by atoms with Crippen molar-refractivity contribution in [3.63, 3.8) is 0 Å². The van der Waals surface area contributed by atoms with Crippen molar-refractivity contribution >= 4 is 0 Å². The number of hydrogen-bond donors (Lipinski definition) is 1. The van der Waals surface area contributed by atoms with Crippen molar-refractivity contribution in [1.29, 1.82) is 0 Å². The zero-order valence-electron chi connectivity index (χ0n) is 11.8. The number of hydrogen-bond acceptors (Lipinski definition) is 3. The van der Waals surface area contributed by atoms with Crippen LogP contribution in [0.5, 0.6) is 0 Å². The van der Waals surface area contributed by atoms with Gasteiger partial charge < -0.3 is 14.6 Å². The largest absolute Gasteiger partial charge is 0.396 e. The Morgan fingerprint density at radius 3 is 1.65 bits per heavy atom. The van der Waals surface area contributed by atoms with E-state index in [1.807, 2.05) is 0 Å². The minimum Gasteiger partial charge on any atom is -0.396 e. The highest BCUT2D eigenvalue weighted by Gasteiger charge is 2.28. The Labute approximate surface area is 107 Å². The molecule has 0 atom stereocenters. The summed E-state index contributed by atoms with van der Waals surface area (Å²) in [5.74, 6) is 0. The maximum absolute atomic E-state index is 9.53. The minimum absolute atomic E-state index is 0.141. The first kappa shape index (κ1) is 16.9. The van der Waals surface area contributed by atoms with Crippen molar-refractivity contribution in [2.24, 2.45) is 5.41 Å². The molecule has 104 valence electrons. The van der Waals surface area contributed by atoms with Crippen LogP contribution in [0.3, 0.4) is 0 Å². The Morgan fingerprint density at radius 1 is 0.882 bits per heavy atom. The van der Waals surface area contributed by atoms with Gasteiger partial charge in [-0.2, -0.15) is 0 Å². The normalized spacial score (nSPS) is 12.0. The van der Waals surface area contributed by atoms with Crippen LogP contribution in [0, 0.1) is 5.41 Å². The van der Waals surface area contributed by atoms with Gasteiger partial charge in [0.2, 0.25) is 0 Å². The molecule has 17 heavy (non-hydrogen) atoms. The van der Waals surface area contributed by atoms with Crippen LogP contribution in [0.15, 0.2) is 0 Å². The van der Waals surface area contributed by atoms with Crippen molar-refractivity contribution < 1.29 is 14.6 Å². The van der Waals surface area contributed by atoms with Crippen LogP contribution in [0.1, 0.15) is 52.9 Å². The van der Waals surface area contributed by atoms with Crippen LogP contribution < -0.4 is 0 Å². The topological polar surface area (TPSA) is 38.7 Å². The molecule has 0 saturated heterocycles. The van der Waals surface area contributed by atoms with Crippen molar-refractivity contribution in [3.8, 4) is 0 Å². The summed E-state index contributed by atoms with van der Waals surface area (Å²) in [4.78, 5) is 0. The lowest BCUT2D eigenvalue weighted by Gasteiger charge is -2.30. The summed E-state index contributed by atoms with van der Waals surface area (Å²) in [6.45, 7) is 9.30. The van der Waals surface area contributed by atoms with Gasteiger partial charge in [0.05, 0.1) is 19.8 Å². The lowest BCUT2D eigenvalue weighted by atomic mass is 9.88. The van der Waals surface area contributed by atoms with Gasteiger partial charge in [-0.05, 0) is 19.3 Å². The van der Waals surface area contributed by atoms with E-state index in [1.54, 1.807) is 0 Å². The summed E-state index contributed by atoms with van der Waals surface area (Å²) >= 11 is 0. The summed E-state index contributed by atoms with van der Waals surface area (Å²) in [6, 6.07) is 0. The highest BCUT2D eigenvalue weighted by atomic mass is 16.5. The molecule has 0 bridgehead atoms. The first-order valence-electron chi connectivity index (χ1n) is 7.01. The number of rotatable bonds is 12. The molecule has 0 spiro atoms. The lowest BCUT2D eigenvalue weighted by molar-refractivity contribution is -0.0538. The molecule has 0 aromatic rings.